The molecule has 112 valence electrons. The predicted molar refractivity (Wildman–Crippen MR) is 77.6 cm³/mol. The Hall–Kier alpha value is -1.40. The maximum Gasteiger partial charge on any atom is 0.323 e. The van der Waals surface area contributed by atoms with E-state index in [9.17, 15) is 13.2 Å². The molecule has 0 heterocycles. The van der Waals surface area contributed by atoms with E-state index < -0.39 is 21.1 Å². The molecule has 20 heavy (non-hydrogen) atoms. The monoisotopic (exact) mass is 299 g/mol. The summed E-state index contributed by atoms with van der Waals surface area (Å²) < 4.78 is 24.7. The fraction of sp³-hybridized carbons (Fsp3) is 0.500. The average molecular weight is 299 g/mol. The van der Waals surface area contributed by atoms with Gasteiger partial charge in [0.2, 0.25) is 0 Å². The van der Waals surface area contributed by atoms with Gasteiger partial charge in [0.1, 0.15) is 0 Å². The zero-order valence-electron chi connectivity index (χ0n) is 11.8. The van der Waals surface area contributed by atoms with E-state index >= 15 is 0 Å². The van der Waals surface area contributed by atoms with Crippen molar-refractivity contribution in [2.24, 2.45) is 0 Å². The van der Waals surface area contributed by atoms with Gasteiger partial charge in [-0.15, -0.1) is 0 Å². The van der Waals surface area contributed by atoms with E-state index in [0.717, 1.165) is 18.4 Å². The molecule has 1 rings (SSSR count). The van der Waals surface area contributed by atoms with Gasteiger partial charge in [-0.1, -0.05) is 31.0 Å². The molecule has 1 unspecified atom stereocenters. The lowest BCUT2D eigenvalue weighted by molar-refractivity contribution is -0.136. The quantitative estimate of drug-likeness (QED) is 0.713. The van der Waals surface area contributed by atoms with Crippen LogP contribution in [0.4, 0.5) is 0 Å². The van der Waals surface area contributed by atoms with Gasteiger partial charge in [-0.25, -0.2) is 8.42 Å². The number of hydrogen-bond acceptors (Lipinski definition) is 4. The Kier molecular flexibility index (Phi) is 6.16. The van der Waals surface area contributed by atoms with Crippen molar-refractivity contribution in [1.82, 2.24) is 5.32 Å². The largest absolute Gasteiger partial charge is 0.480 e. The third-order valence-electron chi connectivity index (χ3n) is 3.04. The zero-order valence-corrected chi connectivity index (χ0v) is 12.6. The van der Waals surface area contributed by atoms with Crippen LogP contribution in [0.25, 0.3) is 0 Å². The van der Waals surface area contributed by atoms with Gasteiger partial charge in [0.15, 0.2) is 15.1 Å². The van der Waals surface area contributed by atoms with E-state index in [1.54, 1.807) is 12.1 Å². The Morgan fingerprint density at radius 3 is 2.40 bits per heavy atom. The Morgan fingerprint density at radius 1 is 1.30 bits per heavy atom. The molecule has 0 spiro atoms. The molecule has 0 aliphatic rings. The molecule has 0 aliphatic carbocycles. The Labute approximate surface area is 119 Å². The molecule has 0 saturated heterocycles. The molecule has 0 aliphatic heterocycles. The first-order valence-electron chi connectivity index (χ1n) is 6.63. The van der Waals surface area contributed by atoms with Crippen LogP contribution in [-0.2, 0) is 14.6 Å². The highest BCUT2D eigenvalue weighted by Gasteiger charge is 2.33. The van der Waals surface area contributed by atoms with Crippen LogP contribution < -0.4 is 5.32 Å². The van der Waals surface area contributed by atoms with Crippen LogP contribution in [0.2, 0.25) is 0 Å². The summed E-state index contributed by atoms with van der Waals surface area (Å²) in [6.45, 7) is 4.39. The number of aryl methyl sites for hydroxylation is 1. The summed E-state index contributed by atoms with van der Waals surface area (Å²) in [5.74, 6) is -1.32. The van der Waals surface area contributed by atoms with Gasteiger partial charge in [-0.2, -0.15) is 0 Å². The van der Waals surface area contributed by atoms with Crippen molar-refractivity contribution in [3.05, 3.63) is 29.8 Å². The number of nitrogens with one attached hydrogen (secondary N) is 1. The van der Waals surface area contributed by atoms with Gasteiger partial charge in [0.25, 0.3) is 0 Å². The second-order valence-corrected chi connectivity index (χ2v) is 6.87. The van der Waals surface area contributed by atoms with Crippen molar-refractivity contribution >= 4 is 15.8 Å². The van der Waals surface area contributed by atoms with E-state index in [1.807, 2.05) is 13.8 Å². The van der Waals surface area contributed by atoms with E-state index in [2.05, 4.69) is 5.32 Å². The van der Waals surface area contributed by atoms with E-state index in [1.165, 1.54) is 12.1 Å². The van der Waals surface area contributed by atoms with Gasteiger partial charge in [0, 0.05) is 6.54 Å². The number of aliphatic carboxylic acids is 1. The van der Waals surface area contributed by atoms with Crippen LogP contribution in [0.1, 0.15) is 25.3 Å². The van der Waals surface area contributed by atoms with Crippen molar-refractivity contribution in [3.63, 3.8) is 0 Å². The summed E-state index contributed by atoms with van der Waals surface area (Å²) in [4.78, 5) is 11.3. The molecular weight excluding hydrogens is 278 g/mol. The number of carboxylic acid groups (broad SMARTS) is 1. The molecule has 5 nitrogen and oxygen atoms in total. The Morgan fingerprint density at radius 2 is 1.90 bits per heavy atom. The zero-order chi connectivity index (χ0) is 15.2. The van der Waals surface area contributed by atoms with Crippen molar-refractivity contribution < 1.29 is 18.3 Å². The van der Waals surface area contributed by atoms with Crippen LogP contribution in [0.5, 0.6) is 0 Å². The van der Waals surface area contributed by atoms with Crippen LogP contribution in [0.15, 0.2) is 29.2 Å². The first-order valence-corrected chi connectivity index (χ1v) is 8.18. The van der Waals surface area contributed by atoms with Crippen LogP contribution in [-0.4, -0.2) is 37.8 Å². The molecule has 0 fully saturated rings. The molecule has 0 bridgehead atoms. The molecule has 1 atom stereocenters. The number of carboxylic acids is 1. The van der Waals surface area contributed by atoms with E-state index in [4.69, 9.17) is 5.11 Å². The van der Waals surface area contributed by atoms with Gasteiger partial charge in [-0.3, -0.25) is 4.79 Å². The van der Waals surface area contributed by atoms with Crippen molar-refractivity contribution in [1.29, 1.82) is 0 Å². The van der Waals surface area contributed by atoms with E-state index in [0.29, 0.717) is 6.54 Å². The maximum atomic E-state index is 12.3. The second kappa shape index (κ2) is 7.40. The number of carbonyl (C=O) groups is 1. The summed E-state index contributed by atoms with van der Waals surface area (Å²) in [6.07, 6.45) is 1.85. The van der Waals surface area contributed by atoms with Gasteiger partial charge >= 0.3 is 5.97 Å². The number of benzene rings is 1. The first-order chi connectivity index (χ1) is 9.39. The molecule has 6 heteroatoms. The maximum absolute atomic E-state index is 12.3. The summed E-state index contributed by atoms with van der Waals surface area (Å²) in [7, 11) is -3.87. The smallest absolute Gasteiger partial charge is 0.323 e. The van der Waals surface area contributed by atoms with Crippen LogP contribution in [0.3, 0.4) is 0 Å². The Balaban J connectivity index is 2.89. The molecule has 1 aromatic carbocycles. The molecular formula is C14H21NO4S. The SMILES string of the molecule is CCCCNCC(C(=O)O)S(=O)(=O)c1ccc(C)cc1. The Bertz CT molecular complexity index is 537. The fourth-order valence-electron chi connectivity index (χ4n) is 1.76. The normalized spacial score (nSPS) is 13.1. The van der Waals surface area contributed by atoms with Gasteiger partial charge < -0.3 is 10.4 Å². The summed E-state index contributed by atoms with van der Waals surface area (Å²) >= 11 is 0. The standard InChI is InChI=1S/C14H21NO4S/c1-3-4-9-15-10-13(14(16)17)20(18,19)12-7-5-11(2)6-8-12/h5-8,13,15H,3-4,9-10H2,1-2H3,(H,16,17). The second-order valence-electron chi connectivity index (χ2n) is 4.74. The molecule has 2 N–H and O–H groups in total. The first kappa shape index (κ1) is 16.7. The lowest BCUT2D eigenvalue weighted by atomic mass is 10.2. The minimum Gasteiger partial charge on any atom is -0.480 e. The molecule has 0 amide bonds. The highest BCUT2D eigenvalue weighted by Crippen LogP contribution is 2.17. The van der Waals surface area contributed by atoms with Gasteiger partial charge in [0.05, 0.1) is 4.90 Å². The molecule has 1 aromatic rings. The average Bonchev–Trinajstić information content (AvgIpc) is 2.38. The molecule has 0 aromatic heterocycles. The number of rotatable bonds is 8. The minimum atomic E-state index is -3.87. The lowest BCUT2D eigenvalue weighted by Crippen LogP contribution is -2.40. The number of sulfone groups is 1. The highest BCUT2D eigenvalue weighted by atomic mass is 32.2. The van der Waals surface area contributed by atoms with Crippen LogP contribution >= 0.6 is 0 Å². The van der Waals surface area contributed by atoms with Crippen molar-refractivity contribution in [2.75, 3.05) is 13.1 Å². The highest BCUT2D eigenvalue weighted by molar-refractivity contribution is 7.92. The third kappa shape index (κ3) is 4.31. The molecule has 0 saturated carbocycles. The summed E-state index contributed by atoms with van der Waals surface area (Å²) in [5, 5.41) is 10.6. The summed E-state index contributed by atoms with van der Waals surface area (Å²) in [5.41, 5.74) is 0.928. The molecule has 0 radical (unpaired) electrons. The lowest BCUT2D eigenvalue weighted by Gasteiger charge is -2.14. The number of unbranched alkanes of at least 4 members (excludes halogenated alkanes) is 1. The van der Waals surface area contributed by atoms with E-state index in [-0.39, 0.29) is 11.4 Å². The number of hydrogen-bond donors (Lipinski definition) is 2. The minimum absolute atomic E-state index is 0.0489. The fourth-order valence-corrected chi connectivity index (χ4v) is 3.20. The topological polar surface area (TPSA) is 83.5 Å². The van der Waals surface area contributed by atoms with Gasteiger partial charge in [-0.05, 0) is 32.0 Å². The third-order valence-corrected chi connectivity index (χ3v) is 5.08. The van der Waals surface area contributed by atoms with Crippen molar-refractivity contribution in [2.45, 2.75) is 36.8 Å². The van der Waals surface area contributed by atoms with Crippen LogP contribution in [0, 0.1) is 6.92 Å². The van der Waals surface area contributed by atoms with Crippen molar-refractivity contribution in [3.8, 4) is 0 Å². The predicted octanol–water partition coefficient (Wildman–Crippen LogP) is 1.61. The summed E-state index contributed by atoms with van der Waals surface area (Å²) in [6, 6.07) is 6.23.